The van der Waals surface area contributed by atoms with Crippen molar-refractivity contribution in [3.05, 3.63) is 70.8 Å². The van der Waals surface area contributed by atoms with Crippen molar-refractivity contribution >= 4 is 12.0 Å². The van der Waals surface area contributed by atoms with Gasteiger partial charge in [-0.15, -0.1) is 0 Å². The van der Waals surface area contributed by atoms with E-state index in [4.69, 9.17) is 4.74 Å². The molecule has 0 radical (unpaired) electrons. The van der Waals surface area contributed by atoms with E-state index in [9.17, 15) is 35.9 Å². The molecule has 0 aliphatic carbocycles. The van der Waals surface area contributed by atoms with Gasteiger partial charge in [0.15, 0.2) is 0 Å². The molecule has 1 fully saturated rings. The molecule has 2 aromatic carbocycles. The Morgan fingerprint density at radius 1 is 0.919 bits per heavy atom. The van der Waals surface area contributed by atoms with Crippen LogP contribution in [0, 0.1) is 5.92 Å². The van der Waals surface area contributed by atoms with E-state index >= 15 is 0 Å². The van der Waals surface area contributed by atoms with Gasteiger partial charge < -0.3 is 14.5 Å². The third-order valence-corrected chi connectivity index (χ3v) is 6.01. The van der Waals surface area contributed by atoms with Gasteiger partial charge in [0.05, 0.1) is 11.1 Å². The predicted molar refractivity (Wildman–Crippen MR) is 124 cm³/mol. The highest BCUT2D eigenvalue weighted by Crippen LogP contribution is 2.37. The van der Waals surface area contributed by atoms with E-state index in [0.29, 0.717) is 12.1 Å². The fraction of sp³-hybridized carbons (Fsp3) is 0.462. The van der Waals surface area contributed by atoms with Crippen molar-refractivity contribution in [3.8, 4) is 0 Å². The number of alkyl halides is 6. The van der Waals surface area contributed by atoms with Gasteiger partial charge in [-0.3, -0.25) is 4.79 Å². The number of hydrogen-bond acceptors (Lipinski definition) is 3. The molecule has 5 nitrogen and oxygen atoms in total. The Bertz CT molecular complexity index is 1090. The molecular weight excluding hydrogens is 502 g/mol. The van der Waals surface area contributed by atoms with Crippen LogP contribution in [0.15, 0.2) is 48.5 Å². The van der Waals surface area contributed by atoms with Gasteiger partial charge in [-0.25, -0.2) is 4.79 Å². The zero-order chi connectivity index (χ0) is 27.8. The molecule has 1 aliphatic heterocycles. The molecule has 3 rings (SSSR count). The summed E-state index contributed by atoms with van der Waals surface area (Å²) in [6.45, 7) is 5.66. The minimum Gasteiger partial charge on any atom is -0.444 e. The lowest BCUT2D eigenvalue weighted by Gasteiger charge is -2.26. The van der Waals surface area contributed by atoms with E-state index < -0.39 is 46.6 Å². The summed E-state index contributed by atoms with van der Waals surface area (Å²) >= 11 is 0. The van der Waals surface area contributed by atoms with Gasteiger partial charge in [-0.05, 0) is 44.5 Å². The summed E-state index contributed by atoms with van der Waals surface area (Å²) in [5, 5.41) is 0. The minimum absolute atomic E-state index is 0.00467. The topological polar surface area (TPSA) is 49.9 Å². The Morgan fingerprint density at radius 3 is 1.95 bits per heavy atom. The Hall–Kier alpha value is -3.24. The lowest BCUT2D eigenvalue weighted by molar-refractivity contribution is -0.143. The summed E-state index contributed by atoms with van der Waals surface area (Å²) < 4.78 is 85.0. The number of hydrogen-bond donors (Lipinski definition) is 0. The van der Waals surface area contributed by atoms with Gasteiger partial charge >= 0.3 is 18.4 Å². The lowest BCUT2D eigenvalue weighted by atomic mass is 9.88. The second-order valence-corrected chi connectivity index (χ2v) is 10.1. The summed E-state index contributed by atoms with van der Waals surface area (Å²) in [6, 6.07) is 10.0. The average Bonchev–Trinajstić information content (AvgIpc) is 3.20. The molecule has 11 heteroatoms. The smallest absolute Gasteiger partial charge is 0.416 e. The minimum atomic E-state index is -5.06. The third-order valence-electron chi connectivity index (χ3n) is 6.01. The summed E-state index contributed by atoms with van der Waals surface area (Å²) in [4.78, 5) is 28.3. The van der Waals surface area contributed by atoms with Crippen LogP contribution in [0.4, 0.5) is 31.1 Å². The summed E-state index contributed by atoms with van der Waals surface area (Å²) in [7, 11) is 1.31. The van der Waals surface area contributed by atoms with Crippen LogP contribution in [0.5, 0.6) is 0 Å². The third kappa shape index (κ3) is 7.17. The molecule has 0 bridgehead atoms. The molecular formula is C26H28F6N2O3. The first-order valence-corrected chi connectivity index (χ1v) is 11.5. The molecule has 1 saturated heterocycles. The molecule has 2 aromatic rings. The fourth-order valence-corrected chi connectivity index (χ4v) is 4.34. The molecule has 1 unspecified atom stereocenters. The number of carbonyl (C=O) groups is 2. The molecule has 1 heterocycles. The number of ether oxygens (including phenoxy) is 1. The summed E-state index contributed by atoms with van der Waals surface area (Å²) in [5.41, 5.74) is -3.68. The maximum atomic E-state index is 13.3. The highest BCUT2D eigenvalue weighted by atomic mass is 19.4. The Labute approximate surface area is 211 Å². The molecule has 37 heavy (non-hydrogen) atoms. The zero-order valence-electron chi connectivity index (χ0n) is 20.8. The number of likely N-dealkylation sites (tertiary alicyclic amines) is 1. The largest absolute Gasteiger partial charge is 0.444 e. The van der Waals surface area contributed by atoms with Crippen LogP contribution >= 0.6 is 0 Å². The van der Waals surface area contributed by atoms with Gasteiger partial charge in [0.25, 0.3) is 5.91 Å². The Kier molecular flexibility index (Phi) is 7.85. The number of halogens is 6. The van der Waals surface area contributed by atoms with Crippen molar-refractivity contribution in [3.63, 3.8) is 0 Å². The monoisotopic (exact) mass is 530 g/mol. The highest BCUT2D eigenvalue weighted by Gasteiger charge is 2.40. The van der Waals surface area contributed by atoms with Crippen LogP contribution in [-0.4, -0.2) is 54.1 Å². The Morgan fingerprint density at radius 2 is 1.46 bits per heavy atom. The van der Waals surface area contributed by atoms with E-state index in [1.807, 2.05) is 30.3 Å². The van der Waals surface area contributed by atoms with Gasteiger partial charge in [0.2, 0.25) is 0 Å². The zero-order valence-corrected chi connectivity index (χ0v) is 20.8. The molecule has 202 valence electrons. The van der Waals surface area contributed by atoms with Gasteiger partial charge in [-0.1, -0.05) is 30.3 Å². The highest BCUT2D eigenvalue weighted by molar-refractivity contribution is 5.94. The summed E-state index contributed by atoms with van der Waals surface area (Å²) in [6.07, 6.45) is -10.7. The van der Waals surface area contributed by atoms with Crippen LogP contribution in [0.2, 0.25) is 0 Å². The van der Waals surface area contributed by atoms with E-state index in [0.717, 1.165) is 10.5 Å². The normalized spacial score (nSPS) is 18.6. The molecule has 2 atom stereocenters. The van der Waals surface area contributed by atoms with Crippen molar-refractivity contribution < 1.29 is 40.7 Å². The van der Waals surface area contributed by atoms with Crippen molar-refractivity contribution in [2.75, 3.05) is 26.7 Å². The van der Waals surface area contributed by atoms with Crippen molar-refractivity contribution in [2.45, 2.75) is 44.6 Å². The van der Waals surface area contributed by atoms with Crippen LogP contribution < -0.4 is 0 Å². The number of nitrogens with zero attached hydrogens (tertiary/aromatic N) is 2. The van der Waals surface area contributed by atoms with Crippen molar-refractivity contribution in [1.29, 1.82) is 0 Å². The van der Waals surface area contributed by atoms with Crippen molar-refractivity contribution in [1.82, 2.24) is 9.80 Å². The van der Waals surface area contributed by atoms with Gasteiger partial charge in [-0.2, -0.15) is 26.3 Å². The molecule has 0 saturated carbocycles. The first-order chi connectivity index (χ1) is 17.0. The SMILES string of the molecule is CN(C[C@H]1CN(C(=O)OC(C)(C)C)CC1c1ccccc1)C(=O)c1cc(C(F)(F)F)cc(C(F)(F)F)c1. The first kappa shape index (κ1) is 28.3. The van der Waals surface area contributed by atoms with Crippen LogP contribution in [0.3, 0.4) is 0 Å². The number of benzene rings is 2. The second-order valence-electron chi connectivity index (χ2n) is 10.1. The quantitative estimate of drug-likeness (QED) is 0.427. The lowest BCUT2D eigenvalue weighted by Crippen LogP contribution is -2.37. The molecule has 0 N–H and O–H groups in total. The Balaban J connectivity index is 1.87. The van der Waals surface area contributed by atoms with E-state index in [-0.39, 0.29) is 37.5 Å². The van der Waals surface area contributed by atoms with Crippen LogP contribution in [0.1, 0.15) is 53.7 Å². The standard InChI is InChI=1S/C26H28F6N2O3/c1-24(2,3)37-23(36)34-14-18(21(15-34)16-8-6-5-7-9-16)13-33(4)22(35)17-10-19(25(27,28)29)12-20(11-17)26(30,31)32/h5-12,18,21H,13-15H2,1-4H3/t18-,21?/m0/s1. The van der Waals surface area contributed by atoms with Gasteiger partial charge in [0, 0.05) is 44.1 Å². The number of rotatable bonds is 4. The van der Waals surface area contributed by atoms with E-state index in [1.165, 1.54) is 11.9 Å². The van der Waals surface area contributed by atoms with Crippen LogP contribution in [-0.2, 0) is 17.1 Å². The van der Waals surface area contributed by atoms with Crippen LogP contribution in [0.25, 0.3) is 0 Å². The fourth-order valence-electron chi connectivity index (χ4n) is 4.34. The maximum Gasteiger partial charge on any atom is 0.416 e. The molecule has 0 spiro atoms. The number of amides is 2. The van der Waals surface area contributed by atoms with E-state index in [1.54, 1.807) is 20.8 Å². The maximum absolute atomic E-state index is 13.3. The molecule has 0 aromatic heterocycles. The predicted octanol–water partition coefficient (Wildman–Crippen LogP) is 6.45. The first-order valence-electron chi connectivity index (χ1n) is 11.5. The van der Waals surface area contributed by atoms with E-state index in [2.05, 4.69) is 0 Å². The van der Waals surface area contributed by atoms with Gasteiger partial charge in [0.1, 0.15) is 5.60 Å². The van der Waals surface area contributed by atoms with Crippen molar-refractivity contribution in [2.24, 2.45) is 5.92 Å². The second kappa shape index (κ2) is 10.3. The molecule has 2 amide bonds. The molecule has 1 aliphatic rings. The number of carbonyl (C=O) groups excluding carboxylic acids is 2. The summed E-state index contributed by atoms with van der Waals surface area (Å²) in [5.74, 6) is -1.55. The average molecular weight is 531 g/mol.